The van der Waals surface area contributed by atoms with Crippen molar-refractivity contribution in [3.8, 4) is 11.5 Å². The molecule has 0 aromatic heterocycles. The van der Waals surface area contributed by atoms with Crippen molar-refractivity contribution >= 4 is 21.9 Å². The summed E-state index contributed by atoms with van der Waals surface area (Å²) in [5.74, 6) is -0.297. The van der Waals surface area contributed by atoms with Gasteiger partial charge in [-0.05, 0) is 35.0 Å². The number of carbonyl (C=O) groups excluding carboxylic acids is 1. The van der Waals surface area contributed by atoms with Gasteiger partial charge in [0.25, 0.3) is 0 Å². The van der Waals surface area contributed by atoms with Gasteiger partial charge in [0.15, 0.2) is 6.79 Å². The molecule has 1 N–H and O–H groups in total. The zero-order valence-electron chi connectivity index (χ0n) is 9.53. The van der Waals surface area contributed by atoms with Crippen molar-refractivity contribution in [2.45, 2.75) is 6.92 Å². The van der Waals surface area contributed by atoms with E-state index >= 15 is 0 Å². The molecule has 0 radical (unpaired) electrons. The van der Waals surface area contributed by atoms with Crippen molar-refractivity contribution in [2.75, 3.05) is 20.5 Å². The van der Waals surface area contributed by atoms with Gasteiger partial charge in [0.05, 0.1) is 12.2 Å². The van der Waals surface area contributed by atoms with E-state index in [1.807, 2.05) is 0 Å². The Hall–Kier alpha value is -1.27. The van der Waals surface area contributed by atoms with Gasteiger partial charge in [0.1, 0.15) is 16.0 Å². The zero-order chi connectivity index (χ0) is 12.8. The maximum atomic E-state index is 11.5. The van der Waals surface area contributed by atoms with E-state index in [0.717, 1.165) is 0 Å². The van der Waals surface area contributed by atoms with Crippen LogP contribution in [0.25, 0.3) is 0 Å². The molecule has 0 aliphatic carbocycles. The summed E-state index contributed by atoms with van der Waals surface area (Å²) in [6.07, 6.45) is 0. The van der Waals surface area contributed by atoms with E-state index in [2.05, 4.69) is 15.9 Å². The Morgan fingerprint density at radius 3 is 2.76 bits per heavy atom. The lowest BCUT2D eigenvalue weighted by atomic mass is 10.2. The third-order valence-corrected chi connectivity index (χ3v) is 2.66. The molecule has 1 rings (SSSR count). The Bertz CT molecular complexity index is 405. The van der Waals surface area contributed by atoms with Crippen LogP contribution in [0.4, 0.5) is 0 Å². The summed E-state index contributed by atoms with van der Waals surface area (Å²) in [5.41, 5.74) is 0.221. The number of halogens is 1. The molecule has 17 heavy (non-hydrogen) atoms. The Morgan fingerprint density at radius 1 is 1.47 bits per heavy atom. The van der Waals surface area contributed by atoms with Crippen LogP contribution >= 0.6 is 15.9 Å². The second kappa shape index (κ2) is 6.46. The topological polar surface area (TPSA) is 65.0 Å². The first-order chi connectivity index (χ1) is 8.10. The quantitative estimate of drug-likeness (QED) is 0.668. The average molecular weight is 305 g/mol. The third kappa shape index (κ3) is 3.61. The van der Waals surface area contributed by atoms with Gasteiger partial charge in [-0.1, -0.05) is 0 Å². The molecule has 1 aromatic rings. The minimum Gasteiger partial charge on any atom is -0.507 e. The van der Waals surface area contributed by atoms with E-state index in [9.17, 15) is 9.90 Å². The van der Waals surface area contributed by atoms with Crippen molar-refractivity contribution in [3.63, 3.8) is 0 Å². The Balaban J connectivity index is 3.00. The summed E-state index contributed by atoms with van der Waals surface area (Å²) < 4.78 is 15.1. The number of ether oxygens (including phenoxy) is 3. The minimum atomic E-state index is -0.516. The van der Waals surface area contributed by atoms with Crippen LogP contribution in [0.3, 0.4) is 0 Å². The van der Waals surface area contributed by atoms with Crippen molar-refractivity contribution < 1.29 is 24.1 Å². The van der Waals surface area contributed by atoms with Gasteiger partial charge in [-0.25, -0.2) is 4.79 Å². The number of aromatic hydroxyl groups is 1. The highest BCUT2D eigenvalue weighted by atomic mass is 79.9. The van der Waals surface area contributed by atoms with Gasteiger partial charge < -0.3 is 19.3 Å². The third-order valence-electron chi connectivity index (χ3n) is 1.86. The highest BCUT2D eigenvalue weighted by molar-refractivity contribution is 9.10. The summed E-state index contributed by atoms with van der Waals surface area (Å²) in [6, 6.07) is 2.78. The predicted molar refractivity (Wildman–Crippen MR) is 64.3 cm³/mol. The van der Waals surface area contributed by atoms with Gasteiger partial charge in [-0.2, -0.15) is 0 Å². The molecule has 0 amide bonds. The molecule has 94 valence electrons. The normalized spacial score (nSPS) is 10.1. The molecule has 6 heteroatoms. The van der Waals surface area contributed by atoms with E-state index in [4.69, 9.17) is 14.2 Å². The number of phenols is 1. The van der Waals surface area contributed by atoms with Gasteiger partial charge >= 0.3 is 5.97 Å². The van der Waals surface area contributed by atoms with Crippen molar-refractivity contribution in [3.05, 3.63) is 22.2 Å². The van der Waals surface area contributed by atoms with E-state index in [1.54, 1.807) is 6.92 Å². The fourth-order valence-corrected chi connectivity index (χ4v) is 1.49. The molecule has 0 aliphatic heterocycles. The maximum absolute atomic E-state index is 11.5. The molecule has 0 spiro atoms. The first-order valence-electron chi connectivity index (χ1n) is 4.91. The zero-order valence-corrected chi connectivity index (χ0v) is 11.1. The number of esters is 1. The van der Waals surface area contributed by atoms with Crippen LogP contribution in [0.2, 0.25) is 0 Å². The highest BCUT2D eigenvalue weighted by Crippen LogP contribution is 2.35. The van der Waals surface area contributed by atoms with Crippen molar-refractivity contribution in [2.24, 2.45) is 0 Å². The van der Waals surface area contributed by atoms with Gasteiger partial charge in [-0.3, -0.25) is 0 Å². The van der Waals surface area contributed by atoms with Crippen LogP contribution in [0.5, 0.6) is 11.5 Å². The smallest absolute Gasteiger partial charge is 0.338 e. The number of benzene rings is 1. The molecule has 5 nitrogen and oxygen atoms in total. The monoisotopic (exact) mass is 304 g/mol. The number of carbonyl (C=O) groups is 1. The number of rotatable bonds is 5. The molecule has 0 fully saturated rings. The summed E-state index contributed by atoms with van der Waals surface area (Å²) >= 11 is 3.15. The summed E-state index contributed by atoms with van der Waals surface area (Å²) in [5, 5.41) is 9.62. The van der Waals surface area contributed by atoms with Crippen LogP contribution in [-0.4, -0.2) is 31.6 Å². The van der Waals surface area contributed by atoms with E-state index in [-0.39, 0.29) is 24.7 Å². The molecular formula is C11H13BrO5. The fraction of sp³-hybridized carbons (Fsp3) is 0.364. The number of methoxy groups -OCH3 is 1. The molecule has 0 bridgehead atoms. The average Bonchev–Trinajstić information content (AvgIpc) is 2.31. The lowest BCUT2D eigenvalue weighted by molar-refractivity contribution is 0.0484. The van der Waals surface area contributed by atoms with Crippen LogP contribution in [0.15, 0.2) is 16.6 Å². The molecule has 0 unspecified atom stereocenters. The van der Waals surface area contributed by atoms with Crippen LogP contribution < -0.4 is 4.74 Å². The fourth-order valence-electron chi connectivity index (χ4n) is 1.14. The summed E-state index contributed by atoms with van der Waals surface area (Å²) in [6.45, 7) is 1.99. The molecule has 0 aliphatic rings. The Morgan fingerprint density at radius 2 is 2.18 bits per heavy atom. The van der Waals surface area contributed by atoms with Crippen molar-refractivity contribution in [1.29, 1.82) is 0 Å². The standard InChI is InChI=1S/C11H13BrO5/c1-3-16-11(14)7-4-8(13)10(12)9(5-7)17-6-15-2/h4-5,13H,3,6H2,1-2H3. The summed E-state index contributed by atoms with van der Waals surface area (Å²) in [7, 11) is 1.48. The largest absolute Gasteiger partial charge is 0.507 e. The van der Waals surface area contributed by atoms with Gasteiger partial charge in [0, 0.05) is 7.11 Å². The van der Waals surface area contributed by atoms with Crippen molar-refractivity contribution in [1.82, 2.24) is 0 Å². The second-order valence-corrected chi connectivity index (χ2v) is 3.87. The second-order valence-electron chi connectivity index (χ2n) is 3.08. The first kappa shape index (κ1) is 13.8. The molecule has 0 saturated carbocycles. The van der Waals surface area contributed by atoms with Gasteiger partial charge in [0.2, 0.25) is 0 Å². The first-order valence-corrected chi connectivity index (χ1v) is 5.70. The minimum absolute atomic E-state index is 0.0182. The molecular weight excluding hydrogens is 292 g/mol. The number of hydrogen-bond acceptors (Lipinski definition) is 5. The van der Waals surface area contributed by atoms with Crippen LogP contribution in [0.1, 0.15) is 17.3 Å². The SMILES string of the molecule is CCOC(=O)c1cc(O)c(Br)c(OCOC)c1. The predicted octanol–water partition coefficient (Wildman–Crippen LogP) is 2.31. The number of hydrogen-bond donors (Lipinski definition) is 1. The van der Waals surface area contributed by atoms with E-state index < -0.39 is 5.97 Å². The molecule has 0 heterocycles. The highest BCUT2D eigenvalue weighted by Gasteiger charge is 2.14. The summed E-state index contributed by atoms with van der Waals surface area (Å²) in [4.78, 5) is 11.5. The molecule has 0 saturated heterocycles. The Kier molecular flexibility index (Phi) is 5.24. The van der Waals surface area contributed by atoms with E-state index in [0.29, 0.717) is 10.2 Å². The Labute approximate surface area is 107 Å². The maximum Gasteiger partial charge on any atom is 0.338 e. The number of phenolic OH excluding ortho intramolecular Hbond substituents is 1. The van der Waals surface area contributed by atoms with Crippen LogP contribution in [0, 0.1) is 0 Å². The molecule has 0 atom stereocenters. The lowest BCUT2D eigenvalue weighted by Crippen LogP contribution is -2.06. The van der Waals surface area contributed by atoms with Gasteiger partial charge in [-0.15, -0.1) is 0 Å². The lowest BCUT2D eigenvalue weighted by Gasteiger charge is -2.10. The van der Waals surface area contributed by atoms with Crippen LogP contribution in [-0.2, 0) is 9.47 Å². The molecule has 1 aromatic carbocycles. The van der Waals surface area contributed by atoms with E-state index in [1.165, 1.54) is 19.2 Å².